The van der Waals surface area contributed by atoms with Crippen LogP contribution in [-0.4, -0.2) is 4.21 Å². The summed E-state index contributed by atoms with van der Waals surface area (Å²) in [6.45, 7) is 5.66. The van der Waals surface area contributed by atoms with Crippen LogP contribution in [0.3, 0.4) is 0 Å². The number of benzene rings is 2. The number of halogens is 3. The SMILES string of the molecule is CC.Cc1ccc(C(F)(F)F)cc1NS(=O)c1ccccc1. The Labute approximate surface area is 131 Å². The molecule has 6 heteroatoms. The van der Waals surface area contributed by atoms with Gasteiger partial charge in [-0.1, -0.05) is 38.1 Å². The van der Waals surface area contributed by atoms with Gasteiger partial charge in [-0.2, -0.15) is 13.2 Å². The van der Waals surface area contributed by atoms with Crippen molar-refractivity contribution in [3.63, 3.8) is 0 Å². The fourth-order valence-corrected chi connectivity index (χ4v) is 2.55. The van der Waals surface area contributed by atoms with E-state index in [1.165, 1.54) is 6.07 Å². The standard InChI is InChI=1S/C14H12F3NOS.C2H6/c1-10-7-8-11(14(15,16)17)9-13(10)18-20(19)12-5-3-2-4-6-12;1-2/h2-9,18H,1H3;1-2H3. The second-order valence-corrected chi connectivity index (χ2v) is 5.42. The predicted octanol–water partition coefficient (Wildman–Crippen LogP) is 5.17. The van der Waals surface area contributed by atoms with Gasteiger partial charge in [-0.25, -0.2) is 4.21 Å². The third-order valence-corrected chi connectivity index (χ3v) is 3.83. The van der Waals surface area contributed by atoms with Gasteiger partial charge in [0.2, 0.25) is 0 Å². The first-order valence-electron chi connectivity index (χ1n) is 6.79. The fourth-order valence-electron chi connectivity index (χ4n) is 1.61. The van der Waals surface area contributed by atoms with Gasteiger partial charge in [-0.3, -0.25) is 0 Å². The second kappa shape index (κ2) is 7.98. The predicted molar refractivity (Wildman–Crippen MR) is 84.0 cm³/mol. The summed E-state index contributed by atoms with van der Waals surface area (Å²) < 4.78 is 52.6. The highest BCUT2D eigenvalue weighted by Crippen LogP contribution is 2.32. The monoisotopic (exact) mass is 329 g/mol. The molecule has 0 aliphatic carbocycles. The van der Waals surface area contributed by atoms with Crippen LogP contribution in [0.5, 0.6) is 0 Å². The lowest BCUT2D eigenvalue weighted by Gasteiger charge is -2.12. The van der Waals surface area contributed by atoms with Crippen molar-refractivity contribution in [2.45, 2.75) is 31.8 Å². The molecule has 2 aromatic rings. The Hall–Kier alpha value is -1.82. The van der Waals surface area contributed by atoms with E-state index in [2.05, 4.69) is 4.72 Å². The van der Waals surface area contributed by atoms with Gasteiger partial charge >= 0.3 is 6.18 Å². The molecule has 2 aromatic carbocycles. The zero-order valence-electron chi connectivity index (χ0n) is 12.6. The fraction of sp³-hybridized carbons (Fsp3) is 0.250. The molecule has 1 unspecified atom stereocenters. The van der Waals surface area contributed by atoms with Crippen LogP contribution in [0.15, 0.2) is 53.4 Å². The Kier molecular flexibility index (Phi) is 6.61. The van der Waals surface area contributed by atoms with Gasteiger partial charge in [0.1, 0.15) is 11.0 Å². The molecule has 0 fully saturated rings. The molecule has 2 rings (SSSR count). The third-order valence-electron chi connectivity index (χ3n) is 2.72. The van der Waals surface area contributed by atoms with Crippen LogP contribution in [0.1, 0.15) is 25.0 Å². The Morgan fingerprint density at radius 2 is 1.59 bits per heavy atom. The first-order chi connectivity index (χ1) is 10.4. The minimum atomic E-state index is -4.42. The summed E-state index contributed by atoms with van der Waals surface area (Å²) in [6.07, 6.45) is -4.42. The summed E-state index contributed by atoms with van der Waals surface area (Å²) >= 11 is 0. The van der Waals surface area contributed by atoms with Crippen molar-refractivity contribution in [1.29, 1.82) is 0 Å². The van der Waals surface area contributed by atoms with Crippen LogP contribution in [0.2, 0.25) is 0 Å². The molecule has 0 saturated heterocycles. The first kappa shape index (κ1) is 18.2. The van der Waals surface area contributed by atoms with Crippen molar-refractivity contribution in [3.8, 4) is 0 Å². The summed E-state index contributed by atoms with van der Waals surface area (Å²) in [5.41, 5.74) is 0.0416. The van der Waals surface area contributed by atoms with Gasteiger partial charge in [0, 0.05) is 0 Å². The molecule has 0 radical (unpaired) electrons. The Bertz CT molecular complexity index is 627. The van der Waals surface area contributed by atoms with Gasteiger partial charge in [-0.05, 0) is 36.8 Å². The number of hydrogen-bond acceptors (Lipinski definition) is 1. The van der Waals surface area contributed by atoms with Gasteiger partial charge < -0.3 is 4.72 Å². The number of rotatable bonds is 3. The van der Waals surface area contributed by atoms with E-state index in [0.29, 0.717) is 10.5 Å². The zero-order valence-corrected chi connectivity index (χ0v) is 13.4. The molecule has 1 N–H and O–H groups in total. The summed E-state index contributed by atoms with van der Waals surface area (Å²) in [4.78, 5) is 0.504. The molecule has 120 valence electrons. The average Bonchev–Trinajstić information content (AvgIpc) is 2.51. The highest BCUT2D eigenvalue weighted by Gasteiger charge is 2.30. The number of hydrogen-bond donors (Lipinski definition) is 1. The molecule has 0 aliphatic heterocycles. The lowest BCUT2D eigenvalue weighted by molar-refractivity contribution is -0.137. The quantitative estimate of drug-likeness (QED) is 0.826. The van der Waals surface area contributed by atoms with E-state index in [-0.39, 0.29) is 5.69 Å². The zero-order chi connectivity index (χ0) is 16.8. The lowest BCUT2D eigenvalue weighted by Crippen LogP contribution is -2.09. The molecule has 22 heavy (non-hydrogen) atoms. The van der Waals surface area contributed by atoms with E-state index < -0.39 is 22.7 Å². The molecule has 0 saturated carbocycles. The number of anilines is 1. The molecular weight excluding hydrogens is 311 g/mol. The van der Waals surface area contributed by atoms with Crippen LogP contribution < -0.4 is 4.72 Å². The van der Waals surface area contributed by atoms with Crippen LogP contribution in [0.4, 0.5) is 18.9 Å². The van der Waals surface area contributed by atoms with E-state index in [1.807, 2.05) is 13.8 Å². The summed E-state index contributed by atoms with van der Waals surface area (Å²) in [5, 5.41) is 0. The van der Waals surface area contributed by atoms with Gasteiger partial charge in [0.05, 0.1) is 16.1 Å². The van der Waals surface area contributed by atoms with Crippen molar-refractivity contribution < 1.29 is 17.4 Å². The maximum atomic E-state index is 12.7. The third kappa shape index (κ3) is 4.87. The molecular formula is C16H18F3NOS. The van der Waals surface area contributed by atoms with Crippen molar-refractivity contribution >= 4 is 16.7 Å². The Balaban J connectivity index is 0.00000116. The van der Waals surface area contributed by atoms with Gasteiger partial charge in [0.15, 0.2) is 0 Å². The highest BCUT2D eigenvalue weighted by molar-refractivity contribution is 7.86. The van der Waals surface area contributed by atoms with E-state index in [4.69, 9.17) is 0 Å². The number of aryl methyl sites for hydroxylation is 1. The summed E-state index contributed by atoms with van der Waals surface area (Å²) in [7, 11) is -1.60. The van der Waals surface area contributed by atoms with Crippen molar-refractivity contribution in [1.82, 2.24) is 0 Å². The minimum absolute atomic E-state index is 0.210. The molecule has 0 aliphatic rings. The Morgan fingerprint density at radius 1 is 1.00 bits per heavy atom. The highest BCUT2D eigenvalue weighted by atomic mass is 32.2. The van der Waals surface area contributed by atoms with Crippen molar-refractivity contribution in [2.24, 2.45) is 0 Å². The Morgan fingerprint density at radius 3 is 2.14 bits per heavy atom. The minimum Gasteiger partial charge on any atom is -0.301 e. The van der Waals surface area contributed by atoms with Crippen molar-refractivity contribution in [2.75, 3.05) is 4.72 Å². The van der Waals surface area contributed by atoms with Crippen LogP contribution in [-0.2, 0) is 17.2 Å². The van der Waals surface area contributed by atoms with E-state index in [1.54, 1.807) is 37.3 Å². The van der Waals surface area contributed by atoms with E-state index >= 15 is 0 Å². The molecule has 2 nitrogen and oxygen atoms in total. The maximum Gasteiger partial charge on any atom is 0.416 e. The van der Waals surface area contributed by atoms with Crippen molar-refractivity contribution in [3.05, 3.63) is 59.7 Å². The number of alkyl halides is 3. The van der Waals surface area contributed by atoms with Gasteiger partial charge in [-0.15, -0.1) is 0 Å². The van der Waals surface area contributed by atoms with Crippen LogP contribution in [0, 0.1) is 6.92 Å². The molecule has 0 amide bonds. The largest absolute Gasteiger partial charge is 0.416 e. The molecule has 0 spiro atoms. The first-order valence-corrected chi connectivity index (χ1v) is 7.94. The maximum absolute atomic E-state index is 12.7. The molecule has 0 aromatic heterocycles. The summed E-state index contributed by atoms with van der Waals surface area (Å²) in [5.74, 6) is 0. The normalized spacial score (nSPS) is 12.1. The van der Waals surface area contributed by atoms with Crippen LogP contribution >= 0.6 is 0 Å². The van der Waals surface area contributed by atoms with E-state index in [0.717, 1.165) is 12.1 Å². The molecule has 0 heterocycles. The van der Waals surface area contributed by atoms with Gasteiger partial charge in [0.25, 0.3) is 0 Å². The lowest BCUT2D eigenvalue weighted by atomic mass is 10.1. The second-order valence-electron chi connectivity index (χ2n) is 4.21. The van der Waals surface area contributed by atoms with Crippen LogP contribution in [0.25, 0.3) is 0 Å². The molecule has 0 bridgehead atoms. The smallest absolute Gasteiger partial charge is 0.301 e. The topological polar surface area (TPSA) is 29.1 Å². The summed E-state index contributed by atoms with van der Waals surface area (Å²) in [6, 6.07) is 11.8. The average molecular weight is 329 g/mol. The number of nitrogens with one attached hydrogen (secondary N) is 1. The van der Waals surface area contributed by atoms with E-state index in [9.17, 15) is 17.4 Å². The molecule has 1 atom stereocenters.